The Balaban J connectivity index is 1.78. The van der Waals surface area contributed by atoms with E-state index in [-0.39, 0.29) is 16.6 Å². The molecule has 5 rings (SSSR count). The van der Waals surface area contributed by atoms with Crippen LogP contribution < -0.4 is 10.2 Å². The first-order chi connectivity index (χ1) is 12.2. The lowest BCUT2D eigenvalue weighted by Gasteiger charge is -2.09. The molecular formula is C20H14O4S. The molecular weight excluding hydrogens is 336 g/mol. The van der Waals surface area contributed by atoms with Gasteiger partial charge in [0, 0.05) is 23.1 Å². The van der Waals surface area contributed by atoms with Crippen LogP contribution in [0, 0.1) is 0 Å². The van der Waals surface area contributed by atoms with Crippen LogP contribution in [-0.2, 0) is 0 Å². The lowest BCUT2D eigenvalue weighted by Crippen LogP contribution is -2.05. The number of phenols is 1. The molecule has 0 amide bonds. The molecule has 5 heteroatoms. The van der Waals surface area contributed by atoms with Crippen molar-refractivity contribution in [3.05, 3.63) is 58.8 Å². The van der Waals surface area contributed by atoms with Crippen LogP contribution in [0.4, 0.5) is 0 Å². The average molecular weight is 350 g/mol. The van der Waals surface area contributed by atoms with E-state index in [9.17, 15) is 9.90 Å². The molecule has 4 nitrogen and oxygen atoms in total. The first kappa shape index (κ1) is 14.7. The Morgan fingerprint density at radius 2 is 1.96 bits per heavy atom. The highest BCUT2D eigenvalue weighted by Crippen LogP contribution is 2.34. The van der Waals surface area contributed by atoms with Gasteiger partial charge in [0.2, 0.25) is 5.43 Å². The third-order valence-corrected chi connectivity index (χ3v) is 5.40. The molecule has 2 heterocycles. The summed E-state index contributed by atoms with van der Waals surface area (Å²) in [6.45, 7) is 0.595. The van der Waals surface area contributed by atoms with Crippen molar-refractivity contribution >= 4 is 44.5 Å². The molecule has 1 aliphatic rings. The van der Waals surface area contributed by atoms with Gasteiger partial charge in [-0.2, -0.15) is 11.8 Å². The van der Waals surface area contributed by atoms with E-state index in [1.165, 1.54) is 6.07 Å². The van der Waals surface area contributed by atoms with E-state index in [0.29, 0.717) is 34.2 Å². The monoisotopic (exact) mass is 350 g/mol. The molecule has 0 radical (unpaired) electrons. The molecule has 25 heavy (non-hydrogen) atoms. The Morgan fingerprint density at radius 1 is 1.12 bits per heavy atom. The summed E-state index contributed by atoms with van der Waals surface area (Å²) in [7, 11) is 0. The van der Waals surface area contributed by atoms with Crippen molar-refractivity contribution in [3.63, 3.8) is 0 Å². The van der Waals surface area contributed by atoms with Crippen molar-refractivity contribution in [1.29, 1.82) is 0 Å². The molecule has 1 unspecified atom stereocenters. The summed E-state index contributed by atoms with van der Waals surface area (Å²) in [6, 6.07) is 14.5. The van der Waals surface area contributed by atoms with Crippen molar-refractivity contribution in [2.75, 3.05) is 12.4 Å². The lowest BCUT2D eigenvalue weighted by molar-refractivity contribution is 0.328. The van der Waals surface area contributed by atoms with E-state index < -0.39 is 0 Å². The highest BCUT2D eigenvalue weighted by Gasteiger charge is 2.23. The second kappa shape index (κ2) is 5.43. The smallest absolute Gasteiger partial charge is 0.204 e. The molecule has 0 aliphatic carbocycles. The maximum absolute atomic E-state index is 13.0. The summed E-state index contributed by atoms with van der Waals surface area (Å²) in [5.41, 5.74) is 0.617. The molecule has 1 fully saturated rings. The standard InChI is InChI=1S/C20H14O4S/c21-15-7-12(23-9-13-10-25-13)8-17-19(15)20(22)18-14-4-2-1-3-11(14)5-6-16(18)24-17/h1-8,13,21H,9-10H2. The largest absolute Gasteiger partial charge is 0.507 e. The molecule has 1 N–H and O–H groups in total. The molecule has 0 spiro atoms. The molecule has 1 saturated heterocycles. The SMILES string of the molecule is O=c1c2c(O)cc(OCC3CS3)cc2oc2ccc3ccccc3c12. The highest BCUT2D eigenvalue weighted by molar-refractivity contribution is 8.06. The van der Waals surface area contributed by atoms with Crippen molar-refractivity contribution in [2.24, 2.45) is 0 Å². The van der Waals surface area contributed by atoms with E-state index in [1.807, 2.05) is 42.1 Å². The number of benzene rings is 3. The van der Waals surface area contributed by atoms with Crippen LogP contribution in [0.3, 0.4) is 0 Å². The third-order valence-electron chi connectivity index (χ3n) is 4.46. The zero-order chi connectivity index (χ0) is 17.0. The Hall–Kier alpha value is -2.66. The predicted molar refractivity (Wildman–Crippen MR) is 101 cm³/mol. The molecule has 1 aromatic heterocycles. The maximum Gasteiger partial charge on any atom is 0.204 e. The third kappa shape index (κ3) is 2.43. The van der Waals surface area contributed by atoms with Gasteiger partial charge in [-0.1, -0.05) is 30.3 Å². The first-order valence-electron chi connectivity index (χ1n) is 8.06. The normalized spacial score (nSPS) is 16.6. The number of rotatable bonds is 3. The predicted octanol–water partition coefficient (Wildman–Crippen LogP) is 4.30. The van der Waals surface area contributed by atoms with Crippen LogP contribution >= 0.6 is 11.8 Å². The van der Waals surface area contributed by atoms with Gasteiger partial charge in [-0.05, 0) is 16.8 Å². The molecule has 0 bridgehead atoms. The van der Waals surface area contributed by atoms with Crippen LogP contribution in [-0.4, -0.2) is 22.7 Å². The minimum Gasteiger partial charge on any atom is -0.507 e. The van der Waals surface area contributed by atoms with Crippen LogP contribution in [0.5, 0.6) is 11.5 Å². The second-order valence-electron chi connectivity index (χ2n) is 6.17. The number of hydrogen-bond acceptors (Lipinski definition) is 5. The van der Waals surface area contributed by atoms with Crippen molar-refractivity contribution in [1.82, 2.24) is 0 Å². The summed E-state index contributed by atoms with van der Waals surface area (Å²) in [4.78, 5) is 13.0. The molecule has 1 aliphatic heterocycles. The summed E-state index contributed by atoms with van der Waals surface area (Å²) in [6.07, 6.45) is 0. The van der Waals surface area contributed by atoms with Crippen LogP contribution in [0.2, 0.25) is 0 Å². The molecule has 3 aromatic carbocycles. The van der Waals surface area contributed by atoms with Gasteiger partial charge in [-0.3, -0.25) is 4.79 Å². The van der Waals surface area contributed by atoms with Gasteiger partial charge in [0.15, 0.2) is 0 Å². The van der Waals surface area contributed by atoms with Crippen LogP contribution in [0.25, 0.3) is 32.7 Å². The number of hydrogen-bond donors (Lipinski definition) is 1. The topological polar surface area (TPSA) is 59.7 Å². The quantitative estimate of drug-likeness (QED) is 0.339. The number of aromatic hydroxyl groups is 1. The first-order valence-corrected chi connectivity index (χ1v) is 9.11. The van der Waals surface area contributed by atoms with E-state index in [2.05, 4.69) is 0 Å². The number of thioether (sulfide) groups is 1. The van der Waals surface area contributed by atoms with Gasteiger partial charge >= 0.3 is 0 Å². The maximum atomic E-state index is 13.0. The fourth-order valence-corrected chi connectivity index (χ4v) is 3.53. The minimum atomic E-state index is -0.227. The summed E-state index contributed by atoms with van der Waals surface area (Å²) >= 11 is 1.84. The molecule has 4 aromatic rings. The minimum absolute atomic E-state index is 0.112. The van der Waals surface area contributed by atoms with Gasteiger partial charge in [0.1, 0.15) is 34.7 Å². The van der Waals surface area contributed by atoms with Gasteiger partial charge < -0.3 is 14.3 Å². The Kier molecular flexibility index (Phi) is 3.18. The number of ether oxygens (including phenoxy) is 1. The van der Waals surface area contributed by atoms with Gasteiger partial charge in [0.05, 0.1) is 5.39 Å². The van der Waals surface area contributed by atoms with Crippen molar-refractivity contribution < 1.29 is 14.3 Å². The molecule has 124 valence electrons. The molecule has 1 atom stereocenters. The summed E-state index contributed by atoms with van der Waals surface area (Å²) in [5, 5.41) is 13.4. The summed E-state index contributed by atoms with van der Waals surface area (Å²) in [5.74, 6) is 1.51. The molecule has 0 saturated carbocycles. The van der Waals surface area contributed by atoms with Crippen LogP contribution in [0.15, 0.2) is 57.7 Å². The van der Waals surface area contributed by atoms with E-state index in [1.54, 1.807) is 12.1 Å². The Morgan fingerprint density at radius 3 is 2.80 bits per heavy atom. The van der Waals surface area contributed by atoms with Crippen LogP contribution in [0.1, 0.15) is 0 Å². The zero-order valence-electron chi connectivity index (χ0n) is 13.2. The summed E-state index contributed by atoms with van der Waals surface area (Å²) < 4.78 is 11.6. The van der Waals surface area contributed by atoms with Gasteiger partial charge in [0.25, 0.3) is 0 Å². The number of fused-ring (bicyclic) bond motifs is 4. The zero-order valence-corrected chi connectivity index (χ0v) is 14.0. The fourth-order valence-electron chi connectivity index (χ4n) is 3.14. The van der Waals surface area contributed by atoms with E-state index >= 15 is 0 Å². The van der Waals surface area contributed by atoms with E-state index in [4.69, 9.17) is 9.15 Å². The van der Waals surface area contributed by atoms with E-state index in [0.717, 1.165) is 16.5 Å². The average Bonchev–Trinajstić information content (AvgIpc) is 3.43. The Bertz CT molecular complexity index is 1190. The second-order valence-corrected chi connectivity index (χ2v) is 7.51. The fraction of sp³-hybridized carbons (Fsp3) is 0.150. The van der Waals surface area contributed by atoms with Crippen molar-refractivity contribution in [2.45, 2.75) is 5.25 Å². The van der Waals surface area contributed by atoms with Crippen molar-refractivity contribution in [3.8, 4) is 11.5 Å². The van der Waals surface area contributed by atoms with Gasteiger partial charge in [-0.15, -0.1) is 0 Å². The number of phenolic OH excluding ortho intramolecular Hbond substituents is 1. The Labute approximate surface area is 147 Å². The lowest BCUT2D eigenvalue weighted by atomic mass is 10.0. The highest BCUT2D eigenvalue weighted by atomic mass is 32.2. The van der Waals surface area contributed by atoms with Gasteiger partial charge in [-0.25, -0.2) is 0 Å².